The third-order valence-electron chi connectivity index (χ3n) is 5.15. The summed E-state index contributed by atoms with van der Waals surface area (Å²) < 4.78 is 5.85. The van der Waals surface area contributed by atoms with Crippen LogP contribution < -0.4 is 10.1 Å². The highest BCUT2D eigenvalue weighted by Gasteiger charge is 2.16. The third-order valence-corrected chi connectivity index (χ3v) is 5.15. The largest absolute Gasteiger partial charge is 0.481 e. The van der Waals surface area contributed by atoms with Gasteiger partial charge in [0, 0.05) is 6.54 Å². The molecule has 4 heteroatoms. The molecule has 1 aromatic rings. The SMILES string of the molecule is CC(Oc1ccc2c(c1)CCCC2)C(=O)NCCCN1CCCC1. The molecule has 0 bridgehead atoms. The normalized spacial score (nSPS) is 18.9. The lowest BCUT2D eigenvalue weighted by atomic mass is 9.92. The van der Waals surface area contributed by atoms with Crippen LogP contribution in [0.3, 0.4) is 0 Å². The van der Waals surface area contributed by atoms with Crippen LogP contribution >= 0.6 is 0 Å². The molecule has 0 saturated carbocycles. The van der Waals surface area contributed by atoms with Crippen molar-refractivity contribution in [2.24, 2.45) is 0 Å². The lowest BCUT2D eigenvalue weighted by Crippen LogP contribution is -2.37. The highest BCUT2D eigenvalue weighted by atomic mass is 16.5. The maximum Gasteiger partial charge on any atom is 0.260 e. The molecular weight excluding hydrogens is 300 g/mol. The van der Waals surface area contributed by atoms with E-state index in [2.05, 4.69) is 22.3 Å². The highest BCUT2D eigenvalue weighted by molar-refractivity contribution is 5.80. The molecule has 2 aliphatic rings. The van der Waals surface area contributed by atoms with Gasteiger partial charge in [0.1, 0.15) is 5.75 Å². The number of carbonyl (C=O) groups is 1. The average Bonchev–Trinajstić information content (AvgIpc) is 3.12. The van der Waals surface area contributed by atoms with E-state index < -0.39 is 6.10 Å². The summed E-state index contributed by atoms with van der Waals surface area (Å²) in [5, 5.41) is 3.00. The first-order chi connectivity index (χ1) is 11.7. The van der Waals surface area contributed by atoms with Crippen molar-refractivity contribution in [1.29, 1.82) is 0 Å². The van der Waals surface area contributed by atoms with Crippen LogP contribution in [0, 0.1) is 0 Å². The Morgan fingerprint density at radius 2 is 1.92 bits per heavy atom. The zero-order valence-corrected chi connectivity index (χ0v) is 14.9. The molecule has 3 rings (SSSR count). The molecule has 132 valence electrons. The first-order valence-electron chi connectivity index (χ1n) is 9.51. The van der Waals surface area contributed by atoms with E-state index >= 15 is 0 Å². The van der Waals surface area contributed by atoms with Gasteiger partial charge >= 0.3 is 0 Å². The minimum absolute atomic E-state index is 0.0193. The second-order valence-corrected chi connectivity index (χ2v) is 7.09. The van der Waals surface area contributed by atoms with Crippen molar-refractivity contribution < 1.29 is 9.53 Å². The van der Waals surface area contributed by atoms with Crippen molar-refractivity contribution in [2.45, 2.75) is 58.0 Å². The van der Waals surface area contributed by atoms with Crippen molar-refractivity contribution in [1.82, 2.24) is 10.2 Å². The van der Waals surface area contributed by atoms with E-state index in [9.17, 15) is 4.79 Å². The van der Waals surface area contributed by atoms with Crippen molar-refractivity contribution in [2.75, 3.05) is 26.2 Å². The number of aryl methyl sites for hydroxylation is 2. The van der Waals surface area contributed by atoms with Crippen LogP contribution in [0.4, 0.5) is 0 Å². The summed E-state index contributed by atoms with van der Waals surface area (Å²) in [5.74, 6) is 0.796. The predicted octanol–water partition coefficient (Wildman–Crippen LogP) is 2.93. The van der Waals surface area contributed by atoms with Gasteiger partial charge in [-0.15, -0.1) is 0 Å². The number of hydrogen-bond acceptors (Lipinski definition) is 3. The van der Waals surface area contributed by atoms with Crippen LogP contribution in [-0.2, 0) is 17.6 Å². The highest BCUT2D eigenvalue weighted by Crippen LogP contribution is 2.25. The molecule has 1 saturated heterocycles. The number of ether oxygens (including phenoxy) is 1. The number of fused-ring (bicyclic) bond motifs is 1. The smallest absolute Gasteiger partial charge is 0.260 e. The molecule has 1 aliphatic carbocycles. The Morgan fingerprint density at radius 1 is 1.17 bits per heavy atom. The van der Waals surface area contributed by atoms with Crippen LogP contribution in [0.5, 0.6) is 5.75 Å². The van der Waals surface area contributed by atoms with Crippen molar-refractivity contribution in [3.8, 4) is 5.75 Å². The van der Waals surface area contributed by atoms with Crippen LogP contribution in [0.1, 0.15) is 50.2 Å². The van der Waals surface area contributed by atoms with Gasteiger partial charge in [0.05, 0.1) is 0 Å². The fourth-order valence-electron chi connectivity index (χ4n) is 3.70. The van der Waals surface area contributed by atoms with Gasteiger partial charge in [0.2, 0.25) is 0 Å². The number of nitrogens with zero attached hydrogens (tertiary/aromatic N) is 1. The molecule has 1 aliphatic heterocycles. The monoisotopic (exact) mass is 330 g/mol. The maximum atomic E-state index is 12.2. The number of amides is 1. The molecule has 24 heavy (non-hydrogen) atoms. The van der Waals surface area contributed by atoms with Gasteiger partial charge in [-0.1, -0.05) is 6.07 Å². The quantitative estimate of drug-likeness (QED) is 0.782. The zero-order valence-electron chi connectivity index (χ0n) is 14.9. The van der Waals surface area contributed by atoms with E-state index in [1.165, 1.54) is 56.3 Å². The molecule has 1 heterocycles. The number of benzene rings is 1. The van der Waals surface area contributed by atoms with Gasteiger partial charge in [-0.3, -0.25) is 4.79 Å². The molecule has 0 radical (unpaired) electrons. The summed E-state index contributed by atoms with van der Waals surface area (Å²) in [5.41, 5.74) is 2.82. The second kappa shape index (κ2) is 8.52. The molecule has 0 aromatic heterocycles. The summed E-state index contributed by atoms with van der Waals surface area (Å²) >= 11 is 0. The Morgan fingerprint density at radius 3 is 2.71 bits per heavy atom. The molecule has 1 unspecified atom stereocenters. The summed E-state index contributed by atoms with van der Waals surface area (Å²) in [4.78, 5) is 14.7. The fraction of sp³-hybridized carbons (Fsp3) is 0.650. The summed E-state index contributed by atoms with van der Waals surface area (Å²) in [6.07, 6.45) is 8.03. The number of likely N-dealkylation sites (tertiary alicyclic amines) is 1. The Bertz CT molecular complexity index is 553. The molecule has 4 nitrogen and oxygen atoms in total. The lowest BCUT2D eigenvalue weighted by molar-refractivity contribution is -0.127. The van der Waals surface area contributed by atoms with E-state index in [-0.39, 0.29) is 5.91 Å². The van der Waals surface area contributed by atoms with E-state index in [1.807, 2.05) is 13.0 Å². The van der Waals surface area contributed by atoms with Crippen molar-refractivity contribution >= 4 is 5.91 Å². The Labute approximate surface area is 145 Å². The second-order valence-electron chi connectivity index (χ2n) is 7.09. The number of rotatable bonds is 7. The first-order valence-corrected chi connectivity index (χ1v) is 9.51. The topological polar surface area (TPSA) is 41.6 Å². The van der Waals surface area contributed by atoms with E-state index in [0.29, 0.717) is 0 Å². The van der Waals surface area contributed by atoms with Crippen LogP contribution in [0.25, 0.3) is 0 Å². The fourth-order valence-corrected chi connectivity index (χ4v) is 3.70. The third kappa shape index (κ3) is 4.73. The molecule has 1 aromatic carbocycles. The number of nitrogens with one attached hydrogen (secondary N) is 1. The molecule has 1 amide bonds. The van der Waals surface area contributed by atoms with Crippen LogP contribution in [0.15, 0.2) is 18.2 Å². The Kier molecular flexibility index (Phi) is 6.13. The number of carbonyl (C=O) groups excluding carboxylic acids is 1. The van der Waals surface area contributed by atoms with Gasteiger partial charge in [-0.25, -0.2) is 0 Å². The Balaban J connectivity index is 1.40. The van der Waals surface area contributed by atoms with E-state index in [0.717, 1.165) is 31.7 Å². The van der Waals surface area contributed by atoms with Gasteiger partial charge in [0.15, 0.2) is 6.10 Å². The minimum atomic E-state index is -0.446. The first kappa shape index (κ1) is 17.3. The van der Waals surface area contributed by atoms with Gasteiger partial charge < -0.3 is 15.0 Å². The number of hydrogen-bond donors (Lipinski definition) is 1. The van der Waals surface area contributed by atoms with E-state index in [4.69, 9.17) is 4.74 Å². The van der Waals surface area contributed by atoms with E-state index in [1.54, 1.807) is 0 Å². The van der Waals surface area contributed by atoms with Gasteiger partial charge in [-0.2, -0.15) is 0 Å². The lowest BCUT2D eigenvalue weighted by Gasteiger charge is -2.19. The molecule has 1 fully saturated rings. The molecule has 1 atom stereocenters. The zero-order chi connectivity index (χ0) is 16.8. The van der Waals surface area contributed by atoms with Gasteiger partial charge in [0.25, 0.3) is 5.91 Å². The van der Waals surface area contributed by atoms with Crippen molar-refractivity contribution in [3.05, 3.63) is 29.3 Å². The van der Waals surface area contributed by atoms with Gasteiger partial charge in [-0.05, 0) is 94.8 Å². The van der Waals surface area contributed by atoms with Crippen LogP contribution in [-0.4, -0.2) is 43.1 Å². The van der Waals surface area contributed by atoms with Crippen LogP contribution in [0.2, 0.25) is 0 Å². The average molecular weight is 330 g/mol. The van der Waals surface area contributed by atoms with Crippen molar-refractivity contribution in [3.63, 3.8) is 0 Å². The Hall–Kier alpha value is -1.55. The summed E-state index contributed by atoms with van der Waals surface area (Å²) in [7, 11) is 0. The minimum Gasteiger partial charge on any atom is -0.481 e. The maximum absolute atomic E-state index is 12.2. The standard InChI is InChI=1S/C20H30N2O2/c1-16(20(23)21-11-6-14-22-12-4-5-13-22)24-19-10-9-17-7-2-3-8-18(17)15-19/h9-10,15-16H,2-8,11-14H2,1H3,(H,21,23). The molecular formula is C20H30N2O2. The molecule has 0 spiro atoms. The predicted molar refractivity (Wildman–Crippen MR) is 96.5 cm³/mol. The summed E-state index contributed by atoms with van der Waals surface area (Å²) in [6.45, 7) is 6.07. The molecule has 1 N–H and O–H groups in total. The summed E-state index contributed by atoms with van der Waals surface area (Å²) in [6, 6.07) is 6.28.